The molecule has 1 aliphatic carbocycles. The molecule has 1 unspecified atom stereocenters. The number of carbonyl (C=O) groups is 1. The highest BCUT2D eigenvalue weighted by Crippen LogP contribution is 2.26. The number of carbonyl (C=O) groups excluding carboxylic acids is 1. The molecule has 0 aromatic carbocycles. The second kappa shape index (κ2) is 6.24. The van der Waals surface area contributed by atoms with Gasteiger partial charge in [-0.15, -0.1) is 0 Å². The zero-order chi connectivity index (χ0) is 12.1. The van der Waals surface area contributed by atoms with E-state index >= 15 is 0 Å². The number of nitrogens with zero attached hydrogens (tertiary/aromatic N) is 1. The minimum atomic E-state index is 0.275. The molecule has 1 fully saturated rings. The Labute approximate surface area is 99.6 Å². The van der Waals surface area contributed by atoms with E-state index in [0.29, 0.717) is 18.5 Å². The minimum Gasteiger partial charge on any atom is -0.343 e. The first kappa shape index (κ1) is 13.5. The lowest BCUT2D eigenvalue weighted by atomic mass is 9.81. The minimum absolute atomic E-state index is 0.275. The van der Waals surface area contributed by atoms with Crippen LogP contribution < -0.4 is 5.32 Å². The fourth-order valence-corrected chi connectivity index (χ4v) is 2.47. The van der Waals surface area contributed by atoms with Crippen molar-refractivity contribution in [3.8, 4) is 0 Å². The summed E-state index contributed by atoms with van der Waals surface area (Å²) in [5.74, 6) is 1.14. The van der Waals surface area contributed by atoms with Gasteiger partial charge in [-0.3, -0.25) is 4.79 Å². The predicted octanol–water partition coefficient (Wildman–Crippen LogP) is 2.02. The van der Waals surface area contributed by atoms with Gasteiger partial charge in [0.15, 0.2) is 0 Å². The van der Waals surface area contributed by atoms with Crippen LogP contribution in [0.15, 0.2) is 0 Å². The van der Waals surface area contributed by atoms with E-state index < -0.39 is 0 Å². The van der Waals surface area contributed by atoms with Crippen LogP contribution in [-0.4, -0.2) is 36.0 Å². The van der Waals surface area contributed by atoms with Crippen molar-refractivity contribution in [2.75, 3.05) is 13.1 Å². The van der Waals surface area contributed by atoms with Crippen molar-refractivity contribution < 1.29 is 4.79 Å². The molecule has 0 aromatic rings. The summed E-state index contributed by atoms with van der Waals surface area (Å²) < 4.78 is 0. The summed E-state index contributed by atoms with van der Waals surface area (Å²) in [4.78, 5) is 13.8. The lowest BCUT2D eigenvalue weighted by Gasteiger charge is -2.36. The summed E-state index contributed by atoms with van der Waals surface area (Å²) in [6.45, 7) is 10.1. The van der Waals surface area contributed by atoms with E-state index in [0.717, 1.165) is 19.0 Å². The largest absolute Gasteiger partial charge is 0.343 e. The van der Waals surface area contributed by atoms with E-state index in [1.54, 1.807) is 0 Å². The molecule has 0 aromatic heterocycles. The number of amides is 1. The standard InChI is InChI=1S/C13H26N2O/c1-5-15(6-2)13(16)9-11(4)14-12-7-10(3)8-12/h10-12,14H,5-9H2,1-4H3. The molecule has 1 amide bonds. The predicted molar refractivity (Wildman–Crippen MR) is 67.3 cm³/mol. The van der Waals surface area contributed by atoms with Crippen molar-refractivity contribution in [2.45, 2.75) is 59.0 Å². The third-order valence-electron chi connectivity index (χ3n) is 3.49. The smallest absolute Gasteiger partial charge is 0.224 e. The highest BCUT2D eigenvalue weighted by atomic mass is 16.2. The summed E-state index contributed by atoms with van der Waals surface area (Å²) in [5, 5.41) is 3.53. The maximum atomic E-state index is 11.9. The zero-order valence-corrected chi connectivity index (χ0v) is 11.1. The molecule has 1 N–H and O–H groups in total. The fraction of sp³-hybridized carbons (Fsp3) is 0.923. The van der Waals surface area contributed by atoms with Gasteiger partial charge in [-0.1, -0.05) is 6.92 Å². The molecule has 1 aliphatic rings. The van der Waals surface area contributed by atoms with Crippen molar-refractivity contribution in [3.63, 3.8) is 0 Å². The Bertz CT molecular complexity index is 220. The van der Waals surface area contributed by atoms with Crippen LogP contribution in [0.1, 0.15) is 47.0 Å². The first-order valence-corrected chi connectivity index (χ1v) is 6.60. The van der Waals surface area contributed by atoms with Crippen molar-refractivity contribution >= 4 is 5.91 Å². The number of rotatable bonds is 6. The molecule has 1 atom stereocenters. The van der Waals surface area contributed by atoms with E-state index in [2.05, 4.69) is 19.2 Å². The van der Waals surface area contributed by atoms with E-state index in [9.17, 15) is 4.79 Å². The van der Waals surface area contributed by atoms with E-state index in [4.69, 9.17) is 0 Å². The van der Waals surface area contributed by atoms with E-state index in [1.165, 1.54) is 12.8 Å². The van der Waals surface area contributed by atoms with Gasteiger partial charge in [-0.25, -0.2) is 0 Å². The van der Waals surface area contributed by atoms with E-state index in [1.807, 2.05) is 18.7 Å². The molecule has 0 spiro atoms. The van der Waals surface area contributed by atoms with Crippen LogP contribution in [0.4, 0.5) is 0 Å². The second-order valence-corrected chi connectivity index (χ2v) is 5.11. The summed E-state index contributed by atoms with van der Waals surface area (Å²) in [7, 11) is 0. The lowest BCUT2D eigenvalue weighted by Crippen LogP contribution is -2.46. The first-order chi connectivity index (χ1) is 7.56. The van der Waals surface area contributed by atoms with Crippen LogP contribution in [0.2, 0.25) is 0 Å². The van der Waals surface area contributed by atoms with Crippen molar-refractivity contribution in [1.82, 2.24) is 10.2 Å². The normalized spacial score (nSPS) is 26.0. The first-order valence-electron chi connectivity index (χ1n) is 6.60. The number of hydrogen-bond donors (Lipinski definition) is 1. The Morgan fingerprint density at radius 1 is 1.38 bits per heavy atom. The van der Waals surface area contributed by atoms with Crippen molar-refractivity contribution in [1.29, 1.82) is 0 Å². The number of nitrogens with one attached hydrogen (secondary N) is 1. The molecule has 3 heteroatoms. The fourth-order valence-electron chi connectivity index (χ4n) is 2.47. The quantitative estimate of drug-likeness (QED) is 0.751. The molecular weight excluding hydrogens is 200 g/mol. The molecule has 0 heterocycles. The molecule has 3 nitrogen and oxygen atoms in total. The van der Waals surface area contributed by atoms with Crippen LogP contribution >= 0.6 is 0 Å². The van der Waals surface area contributed by atoms with Gasteiger partial charge in [-0.2, -0.15) is 0 Å². The van der Waals surface area contributed by atoms with Gasteiger partial charge < -0.3 is 10.2 Å². The Kier molecular flexibility index (Phi) is 5.26. The van der Waals surface area contributed by atoms with Gasteiger partial charge in [-0.05, 0) is 39.5 Å². The number of hydrogen-bond acceptors (Lipinski definition) is 2. The van der Waals surface area contributed by atoms with Crippen LogP contribution in [0.25, 0.3) is 0 Å². The summed E-state index contributed by atoms with van der Waals surface area (Å²) in [6, 6.07) is 0.958. The molecule has 0 bridgehead atoms. The summed E-state index contributed by atoms with van der Waals surface area (Å²) >= 11 is 0. The Hall–Kier alpha value is -0.570. The van der Waals surface area contributed by atoms with Crippen molar-refractivity contribution in [2.24, 2.45) is 5.92 Å². The van der Waals surface area contributed by atoms with Gasteiger partial charge in [0.2, 0.25) is 5.91 Å². The van der Waals surface area contributed by atoms with Gasteiger partial charge >= 0.3 is 0 Å². The van der Waals surface area contributed by atoms with Crippen LogP contribution in [0.3, 0.4) is 0 Å². The van der Waals surface area contributed by atoms with Gasteiger partial charge in [0, 0.05) is 31.6 Å². The van der Waals surface area contributed by atoms with Crippen molar-refractivity contribution in [3.05, 3.63) is 0 Å². The van der Waals surface area contributed by atoms with E-state index in [-0.39, 0.29) is 5.91 Å². The monoisotopic (exact) mass is 226 g/mol. The Morgan fingerprint density at radius 2 is 1.94 bits per heavy atom. The lowest BCUT2D eigenvalue weighted by molar-refractivity contribution is -0.131. The SMILES string of the molecule is CCN(CC)C(=O)CC(C)NC1CC(C)C1. The van der Waals surface area contributed by atoms with Crippen LogP contribution in [0.5, 0.6) is 0 Å². The average molecular weight is 226 g/mol. The average Bonchev–Trinajstić information content (AvgIpc) is 2.17. The van der Waals surface area contributed by atoms with Crippen LogP contribution in [0, 0.1) is 5.92 Å². The molecule has 0 radical (unpaired) electrons. The van der Waals surface area contributed by atoms with Gasteiger partial charge in [0.05, 0.1) is 0 Å². The highest BCUT2D eigenvalue weighted by Gasteiger charge is 2.26. The Balaban J connectivity index is 2.22. The molecule has 94 valence electrons. The summed E-state index contributed by atoms with van der Waals surface area (Å²) in [6.07, 6.45) is 3.17. The molecule has 1 saturated carbocycles. The zero-order valence-electron chi connectivity index (χ0n) is 11.1. The Morgan fingerprint density at radius 3 is 2.38 bits per heavy atom. The van der Waals surface area contributed by atoms with Gasteiger partial charge in [0.25, 0.3) is 0 Å². The van der Waals surface area contributed by atoms with Crippen LogP contribution in [-0.2, 0) is 4.79 Å². The summed E-state index contributed by atoms with van der Waals surface area (Å²) in [5.41, 5.74) is 0. The molecular formula is C13H26N2O. The molecule has 1 rings (SSSR count). The third-order valence-corrected chi connectivity index (χ3v) is 3.49. The highest BCUT2D eigenvalue weighted by molar-refractivity contribution is 5.76. The topological polar surface area (TPSA) is 32.3 Å². The molecule has 16 heavy (non-hydrogen) atoms. The van der Waals surface area contributed by atoms with Gasteiger partial charge in [0.1, 0.15) is 0 Å². The molecule has 0 saturated heterocycles. The second-order valence-electron chi connectivity index (χ2n) is 5.11. The maximum absolute atomic E-state index is 11.9. The molecule has 0 aliphatic heterocycles. The third kappa shape index (κ3) is 3.78. The maximum Gasteiger partial charge on any atom is 0.224 e.